The topological polar surface area (TPSA) is 78.9 Å². The summed E-state index contributed by atoms with van der Waals surface area (Å²) < 4.78 is 17.6. The zero-order valence-corrected chi connectivity index (χ0v) is 19.1. The third kappa shape index (κ3) is 2.89. The van der Waals surface area contributed by atoms with E-state index < -0.39 is 29.5 Å². The molecule has 33 heavy (non-hydrogen) atoms. The molecular weight excluding hydrogens is 420 g/mol. The molecule has 7 unspecified atom stereocenters. The van der Waals surface area contributed by atoms with Crippen LogP contribution in [0.5, 0.6) is 0 Å². The summed E-state index contributed by atoms with van der Waals surface area (Å²) >= 11 is 0. The Balaban J connectivity index is 1.25. The van der Waals surface area contributed by atoms with Crippen molar-refractivity contribution in [1.82, 2.24) is 0 Å². The summed E-state index contributed by atoms with van der Waals surface area (Å²) in [5.41, 5.74) is 1.55. The van der Waals surface area contributed by atoms with Gasteiger partial charge >= 0.3 is 17.9 Å². The summed E-state index contributed by atoms with van der Waals surface area (Å²) in [6, 6.07) is 12.2. The van der Waals surface area contributed by atoms with E-state index >= 15 is 0 Å². The van der Waals surface area contributed by atoms with E-state index in [9.17, 15) is 14.4 Å². The SMILES string of the molecule is CCC(C)(C)C(=O)OC1C2CC3C1OC(=O)C3C2C(=O)OC1Cc2cccc3cccc1c23. The average molecular weight is 449 g/mol. The molecule has 0 radical (unpaired) electrons. The van der Waals surface area contributed by atoms with Gasteiger partial charge in [-0.05, 0) is 43.0 Å². The molecule has 3 fully saturated rings. The maximum absolute atomic E-state index is 13.5. The first-order valence-corrected chi connectivity index (χ1v) is 11.9. The number of ether oxygens (including phenoxy) is 3. The van der Waals surface area contributed by atoms with Crippen molar-refractivity contribution in [1.29, 1.82) is 0 Å². The molecule has 2 saturated carbocycles. The fourth-order valence-corrected chi connectivity index (χ4v) is 6.42. The molecule has 1 saturated heterocycles. The summed E-state index contributed by atoms with van der Waals surface area (Å²) in [5, 5.41) is 2.29. The quantitative estimate of drug-likeness (QED) is 0.505. The molecule has 0 N–H and O–H groups in total. The van der Waals surface area contributed by atoms with Crippen molar-refractivity contribution in [3.63, 3.8) is 0 Å². The Morgan fingerprint density at radius 3 is 2.61 bits per heavy atom. The van der Waals surface area contributed by atoms with Crippen LogP contribution in [-0.4, -0.2) is 30.1 Å². The second kappa shape index (κ2) is 7.05. The van der Waals surface area contributed by atoms with Crippen molar-refractivity contribution in [3.8, 4) is 0 Å². The molecule has 4 aliphatic rings. The molecule has 2 aromatic carbocycles. The van der Waals surface area contributed by atoms with Crippen LogP contribution in [0.2, 0.25) is 0 Å². The Morgan fingerprint density at radius 2 is 1.85 bits per heavy atom. The molecule has 1 heterocycles. The highest BCUT2D eigenvalue weighted by Gasteiger charge is 2.70. The molecule has 2 bridgehead atoms. The number of hydrogen-bond donors (Lipinski definition) is 0. The van der Waals surface area contributed by atoms with Crippen LogP contribution in [0.4, 0.5) is 0 Å². The van der Waals surface area contributed by atoms with Crippen LogP contribution < -0.4 is 0 Å². The molecule has 172 valence electrons. The molecule has 0 spiro atoms. The van der Waals surface area contributed by atoms with Crippen LogP contribution in [0.1, 0.15) is 50.8 Å². The summed E-state index contributed by atoms with van der Waals surface area (Å²) in [4.78, 5) is 39.0. The van der Waals surface area contributed by atoms with Crippen molar-refractivity contribution in [2.24, 2.45) is 29.1 Å². The lowest BCUT2D eigenvalue weighted by Crippen LogP contribution is -2.45. The molecule has 7 atom stereocenters. The molecule has 3 aliphatic carbocycles. The van der Waals surface area contributed by atoms with Gasteiger partial charge in [-0.1, -0.05) is 43.3 Å². The van der Waals surface area contributed by atoms with E-state index in [1.165, 1.54) is 5.56 Å². The van der Waals surface area contributed by atoms with E-state index in [0.717, 1.165) is 16.3 Å². The van der Waals surface area contributed by atoms with Gasteiger partial charge in [0.05, 0.1) is 17.3 Å². The van der Waals surface area contributed by atoms with Gasteiger partial charge < -0.3 is 14.2 Å². The summed E-state index contributed by atoms with van der Waals surface area (Å²) in [6.45, 7) is 5.63. The van der Waals surface area contributed by atoms with Crippen LogP contribution in [0.3, 0.4) is 0 Å². The van der Waals surface area contributed by atoms with Gasteiger partial charge in [0.25, 0.3) is 0 Å². The van der Waals surface area contributed by atoms with Gasteiger partial charge in [0.2, 0.25) is 0 Å². The van der Waals surface area contributed by atoms with Gasteiger partial charge in [0.15, 0.2) is 0 Å². The Labute approximate surface area is 192 Å². The Kier molecular flexibility index (Phi) is 4.42. The third-order valence-corrected chi connectivity index (χ3v) is 8.53. The smallest absolute Gasteiger partial charge is 0.311 e. The number of rotatable bonds is 5. The van der Waals surface area contributed by atoms with Crippen LogP contribution in [0.25, 0.3) is 10.8 Å². The van der Waals surface area contributed by atoms with Crippen molar-refractivity contribution >= 4 is 28.7 Å². The van der Waals surface area contributed by atoms with Crippen LogP contribution in [-0.2, 0) is 35.0 Å². The Hall–Kier alpha value is -2.89. The van der Waals surface area contributed by atoms with Gasteiger partial charge in [-0.2, -0.15) is 0 Å². The van der Waals surface area contributed by atoms with Crippen molar-refractivity contribution in [3.05, 3.63) is 47.5 Å². The average Bonchev–Trinajstić information content (AvgIpc) is 3.50. The van der Waals surface area contributed by atoms with Gasteiger partial charge in [-0.15, -0.1) is 0 Å². The van der Waals surface area contributed by atoms with E-state index in [-0.39, 0.29) is 35.8 Å². The van der Waals surface area contributed by atoms with E-state index in [1.807, 2.05) is 39.0 Å². The first-order valence-electron chi connectivity index (χ1n) is 11.9. The largest absolute Gasteiger partial charge is 0.458 e. The first kappa shape index (κ1) is 20.7. The van der Waals surface area contributed by atoms with E-state index in [0.29, 0.717) is 19.3 Å². The fraction of sp³-hybridized carbons (Fsp3) is 0.519. The Morgan fingerprint density at radius 1 is 1.09 bits per heavy atom. The molecule has 6 nitrogen and oxygen atoms in total. The lowest BCUT2D eigenvalue weighted by molar-refractivity contribution is -0.175. The monoisotopic (exact) mass is 448 g/mol. The van der Waals surface area contributed by atoms with Crippen molar-refractivity contribution in [2.75, 3.05) is 0 Å². The molecule has 6 heteroatoms. The third-order valence-electron chi connectivity index (χ3n) is 8.53. The Bertz CT molecular complexity index is 1180. The molecule has 6 rings (SSSR count). The number of benzene rings is 2. The minimum absolute atomic E-state index is 0.0909. The molecule has 0 aromatic heterocycles. The second-order valence-electron chi connectivity index (χ2n) is 10.6. The zero-order chi connectivity index (χ0) is 23.1. The van der Waals surface area contributed by atoms with Crippen LogP contribution >= 0.6 is 0 Å². The zero-order valence-electron chi connectivity index (χ0n) is 19.1. The molecule has 2 aromatic rings. The maximum atomic E-state index is 13.5. The predicted octanol–water partition coefficient (Wildman–Crippen LogP) is 4.14. The highest BCUT2D eigenvalue weighted by atomic mass is 16.6. The van der Waals surface area contributed by atoms with Crippen molar-refractivity contribution < 1.29 is 28.6 Å². The van der Waals surface area contributed by atoms with Gasteiger partial charge in [-0.3, -0.25) is 14.4 Å². The predicted molar refractivity (Wildman–Crippen MR) is 119 cm³/mol. The highest BCUT2D eigenvalue weighted by molar-refractivity contribution is 5.92. The first-order chi connectivity index (χ1) is 15.8. The summed E-state index contributed by atoms with van der Waals surface area (Å²) in [6.07, 6.45) is 0.510. The van der Waals surface area contributed by atoms with Crippen LogP contribution in [0.15, 0.2) is 36.4 Å². The highest BCUT2D eigenvalue weighted by Crippen LogP contribution is 2.59. The second-order valence-corrected chi connectivity index (χ2v) is 10.6. The fourth-order valence-electron chi connectivity index (χ4n) is 6.42. The normalized spacial score (nSPS) is 33.4. The standard InChI is InChI=1S/C27H28O6/c1-4-27(2,3)26(30)33-23-17-12-16-21(25(29)32-22(16)23)20(17)24(28)31-18-11-14-9-5-7-13-8-6-10-15(18)19(13)14/h5-10,16-18,20-23H,4,11-12H2,1-3H3. The van der Waals surface area contributed by atoms with Gasteiger partial charge in [-0.25, -0.2) is 0 Å². The maximum Gasteiger partial charge on any atom is 0.311 e. The number of hydrogen-bond acceptors (Lipinski definition) is 6. The number of carbonyl (C=O) groups excluding carboxylic acids is 3. The lowest BCUT2D eigenvalue weighted by Gasteiger charge is -2.33. The minimum Gasteiger partial charge on any atom is -0.458 e. The van der Waals surface area contributed by atoms with E-state index in [2.05, 4.69) is 18.2 Å². The van der Waals surface area contributed by atoms with Gasteiger partial charge in [0.1, 0.15) is 18.3 Å². The minimum atomic E-state index is -0.633. The van der Waals surface area contributed by atoms with Crippen LogP contribution in [0, 0.1) is 29.1 Å². The van der Waals surface area contributed by atoms with Gasteiger partial charge in [0, 0.05) is 23.8 Å². The number of carbonyl (C=O) groups is 3. The molecule has 1 aliphatic heterocycles. The summed E-state index contributed by atoms with van der Waals surface area (Å²) in [7, 11) is 0. The number of esters is 3. The molecular formula is C27H28O6. The van der Waals surface area contributed by atoms with E-state index in [1.54, 1.807) is 0 Å². The van der Waals surface area contributed by atoms with E-state index in [4.69, 9.17) is 14.2 Å². The molecule has 0 amide bonds. The summed E-state index contributed by atoms with van der Waals surface area (Å²) in [5.74, 6) is -2.53. The van der Waals surface area contributed by atoms with Crippen molar-refractivity contribution in [2.45, 2.75) is 58.3 Å². The lowest BCUT2D eigenvalue weighted by atomic mass is 9.78. The number of fused-ring (bicyclic) bond motifs is 1.